The Labute approximate surface area is 457 Å². The summed E-state index contributed by atoms with van der Waals surface area (Å²) >= 11 is 1.88. The molecular weight excluding hydrogens is 965 g/mol. The van der Waals surface area contributed by atoms with Gasteiger partial charge in [0.2, 0.25) is 5.95 Å². The van der Waals surface area contributed by atoms with Crippen LogP contribution in [-0.4, -0.2) is 14.5 Å². The van der Waals surface area contributed by atoms with Crippen molar-refractivity contribution in [2.45, 2.75) is 19.3 Å². The molecule has 4 nitrogen and oxygen atoms in total. The zero-order valence-corrected chi connectivity index (χ0v) is 43.9. The number of thiophene rings is 1. The Morgan fingerprint density at radius 3 is 1.49 bits per heavy atom. The molecule has 0 saturated heterocycles. The summed E-state index contributed by atoms with van der Waals surface area (Å²) in [4.78, 5) is 13.3. The number of nitrogens with zero attached hydrogens (tertiary/aromatic N) is 4. The van der Waals surface area contributed by atoms with E-state index in [4.69, 9.17) is 9.97 Å². The van der Waals surface area contributed by atoms with Gasteiger partial charge in [-0.25, -0.2) is 9.97 Å². The number of aromatic nitrogens is 3. The molecule has 0 spiro atoms. The summed E-state index contributed by atoms with van der Waals surface area (Å²) in [6.45, 7) is 4.70. The molecule has 3 aromatic heterocycles. The molecule has 0 N–H and O–H groups in total. The van der Waals surface area contributed by atoms with Crippen LogP contribution in [0.5, 0.6) is 0 Å². The first-order chi connectivity index (χ1) is 38.4. The number of fused-ring (bicyclic) bond motifs is 9. The highest BCUT2D eigenvalue weighted by Gasteiger charge is 2.36. The number of hydrogen-bond donors (Lipinski definition) is 0. The molecule has 11 aromatic carbocycles. The summed E-state index contributed by atoms with van der Waals surface area (Å²) in [6, 6.07) is 96.8. The van der Waals surface area contributed by atoms with Crippen LogP contribution in [-0.2, 0) is 5.41 Å². The molecule has 368 valence electrons. The first-order valence-electron chi connectivity index (χ1n) is 26.7. The van der Waals surface area contributed by atoms with Crippen molar-refractivity contribution < 1.29 is 0 Å². The first-order valence-corrected chi connectivity index (χ1v) is 27.5. The van der Waals surface area contributed by atoms with E-state index in [2.05, 4.69) is 290 Å². The predicted molar refractivity (Wildman–Crippen MR) is 329 cm³/mol. The molecule has 15 rings (SSSR count). The predicted octanol–water partition coefficient (Wildman–Crippen LogP) is 20.1. The molecule has 0 unspecified atom stereocenters. The van der Waals surface area contributed by atoms with Crippen molar-refractivity contribution in [3.05, 3.63) is 278 Å². The van der Waals surface area contributed by atoms with Crippen LogP contribution >= 0.6 is 11.3 Å². The Kier molecular flexibility index (Phi) is 10.7. The van der Waals surface area contributed by atoms with Crippen molar-refractivity contribution in [3.63, 3.8) is 0 Å². The standard InChI is InChI=1S/C73H50N4S/c1-73(2)63-31-16-15-27-57(63)60-44-62-61-43-53(37-42-67(61)77(69(62)45-64(60)73)72-74-65(51-23-11-5-12-24-51)46-66(75-72)52-25-13-6-14-26-52)49-35-40-55(41-36-49)76(54-38-33-48(34-39-54)47-19-7-3-8-20-47)68-32-18-30-59-58-29-17-28-56(70(58)78-71(59)68)50-21-9-4-10-22-50/h3-46H,1-2H3. The normalized spacial score (nSPS) is 12.6. The lowest BCUT2D eigenvalue weighted by Crippen LogP contribution is -2.15. The van der Waals surface area contributed by atoms with Gasteiger partial charge in [-0.2, -0.15) is 0 Å². The Bertz CT molecular complexity index is 4540. The average molecular weight is 1020 g/mol. The molecule has 0 bridgehead atoms. The summed E-state index contributed by atoms with van der Waals surface area (Å²) in [5.41, 5.74) is 21.5. The van der Waals surface area contributed by atoms with Crippen molar-refractivity contribution in [3.8, 4) is 73.0 Å². The molecule has 0 atom stereocenters. The lowest BCUT2D eigenvalue weighted by Gasteiger charge is -2.26. The molecule has 0 amide bonds. The van der Waals surface area contributed by atoms with E-state index in [9.17, 15) is 0 Å². The average Bonchev–Trinajstić information content (AvgIpc) is 4.35. The molecule has 1 aliphatic carbocycles. The largest absolute Gasteiger partial charge is 0.309 e. The Hall–Kier alpha value is -9.68. The van der Waals surface area contributed by atoms with Gasteiger partial charge >= 0.3 is 0 Å². The highest BCUT2D eigenvalue weighted by molar-refractivity contribution is 7.27. The van der Waals surface area contributed by atoms with E-state index in [0.29, 0.717) is 5.95 Å². The zero-order valence-electron chi connectivity index (χ0n) is 43.1. The lowest BCUT2D eigenvalue weighted by atomic mass is 9.82. The van der Waals surface area contributed by atoms with Crippen LogP contribution in [0.4, 0.5) is 17.1 Å². The minimum Gasteiger partial charge on any atom is -0.309 e. The fourth-order valence-electron chi connectivity index (χ4n) is 12.1. The summed E-state index contributed by atoms with van der Waals surface area (Å²) in [6.07, 6.45) is 0. The third kappa shape index (κ3) is 7.49. The van der Waals surface area contributed by atoms with Crippen molar-refractivity contribution >= 4 is 70.4 Å². The fraction of sp³-hybridized carbons (Fsp3) is 0.0411. The molecule has 0 aliphatic heterocycles. The van der Waals surface area contributed by atoms with Gasteiger partial charge in [-0.15, -0.1) is 11.3 Å². The molecule has 78 heavy (non-hydrogen) atoms. The Morgan fingerprint density at radius 2 is 0.846 bits per heavy atom. The third-order valence-corrected chi connectivity index (χ3v) is 17.3. The van der Waals surface area contributed by atoms with Gasteiger partial charge in [0.05, 0.1) is 32.8 Å². The monoisotopic (exact) mass is 1010 g/mol. The number of anilines is 3. The Morgan fingerprint density at radius 1 is 0.346 bits per heavy atom. The van der Waals surface area contributed by atoms with Gasteiger partial charge in [0, 0.05) is 54.2 Å². The summed E-state index contributed by atoms with van der Waals surface area (Å²) in [5.74, 6) is 0.641. The third-order valence-electron chi connectivity index (χ3n) is 16.0. The van der Waals surface area contributed by atoms with Gasteiger partial charge in [0.15, 0.2) is 0 Å². The second-order valence-corrected chi connectivity index (χ2v) is 21.9. The quantitative estimate of drug-likeness (QED) is 0.144. The topological polar surface area (TPSA) is 34.0 Å². The Balaban J connectivity index is 0.898. The van der Waals surface area contributed by atoms with Gasteiger partial charge in [-0.05, 0) is 116 Å². The fourth-order valence-corrected chi connectivity index (χ4v) is 13.5. The van der Waals surface area contributed by atoms with Crippen LogP contribution in [0, 0.1) is 0 Å². The van der Waals surface area contributed by atoms with E-state index < -0.39 is 0 Å². The van der Waals surface area contributed by atoms with Crippen LogP contribution in [0.1, 0.15) is 25.0 Å². The highest BCUT2D eigenvalue weighted by Crippen LogP contribution is 2.52. The lowest BCUT2D eigenvalue weighted by molar-refractivity contribution is 0.661. The maximum atomic E-state index is 5.42. The number of rotatable bonds is 9. The summed E-state index contributed by atoms with van der Waals surface area (Å²) in [5, 5.41) is 4.85. The van der Waals surface area contributed by atoms with Gasteiger partial charge in [0.25, 0.3) is 0 Å². The first kappa shape index (κ1) is 45.7. The summed E-state index contributed by atoms with van der Waals surface area (Å²) in [7, 11) is 0. The molecule has 0 saturated carbocycles. The molecule has 5 heteroatoms. The molecule has 3 heterocycles. The van der Waals surface area contributed by atoms with E-state index in [1.165, 1.54) is 70.1 Å². The maximum absolute atomic E-state index is 5.42. The van der Waals surface area contributed by atoms with E-state index in [1.807, 2.05) is 11.3 Å². The highest BCUT2D eigenvalue weighted by atomic mass is 32.1. The molecule has 14 aromatic rings. The van der Waals surface area contributed by atoms with Crippen LogP contribution < -0.4 is 4.90 Å². The maximum Gasteiger partial charge on any atom is 0.235 e. The van der Waals surface area contributed by atoms with Gasteiger partial charge in [-0.3, -0.25) is 4.57 Å². The second-order valence-electron chi connectivity index (χ2n) is 20.9. The van der Waals surface area contributed by atoms with E-state index in [1.54, 1.807) is 0 Å². The van der Waals surface area contributed by atoms with Crippen molar-refractivity contribution in [1.82, 2.24) is 14.5 Å². The van der Waals surface area contributed by atoms with E-state index >= 15 is 0 Å². The minimum absolute atomic E-state index is 0.193. The molecule has 1 aliphatic rings. The van der Waals surface area contributed by atoms with Crippen LogP contribution in [0.15, 0.2) is 267 Å². The van der Waals surface area contributed by atoms with Crippen LogP contribution in [0.25, 0.3) is 115 Å². The number of benzene rings is 11. The van der Waals surface area contributed by atoms with Crippen molar-refractivity contribution in [2.75, 3.05) is 4.90 Å². The smallest absolute Gasteiger partial charge is 0.235 e. The van der Waals surface area contributed by atoms with Gasteiger partial charge < -0.3 is 4.90 Å². The van der Waals surface area contributed by atoms with Gasteiger partial charge in [-0.1, -0.05) is 220 Å². The summed E-state index contributed by atoms with van der Waals surface area (Å²) < 4.78 is 4.84. The van der Waals surface area contributed by atoms with Crippen LogP contribution in [0.3, 0.4) is 0 Å². The van der Waals surface area contributed by atoms with E-state index in [0.717, 1.165) is 67.1 Å². The van der Waals surface area contributed by atoms with Crippen molar-refractivity contribution in [1.29, 1.82) is 0 Å². The molecule has 0 fully saturated rings. The second kappa shape index (κ2) is 18.3. The SMILES string of the molecule is CC1(C)c2ccccc2-c2cc3c4cc(-c5ccc(N(c6ccc(-c7ccccc7)cc6)c6cccc7c6sc6c(-c8ccccc8)cccc67)cc5)ccc4n(-c4nc(-c5ccccc5)cc(-c5ccccc5)n4)c3cc21. The van der Waals surface area contributed by atoms with E-state index in [-0.39, 0.29) is 5.41 Å². The van der Waals surface area contributed by atoms with Gasteiger partial charge in [0.1, 0.15) is 0 Å². The molecular formula is C73H50N4S. The van der Waals surface area contributed by atoms with Crippen molar-refractivity contribution in [2.24, 2.45) is 0 Å². The minimum atomic E-state index is -0.193. The van der Waals surface area contributed by atoms with Crippen LogP contribution in [0.2, 0.25) is 0 Å². The zero-order chi connectivity index (χ0) is 51.9. The molecule has 0 radical (unpaired) electrons. The number of hydrogen-bond acceptors (Lipinski definition) is 4.